The lowest BCUT2D eigenvalue weighted by atomic mass is 10.1. The van der Waals surface area contributed by atoms with Crippen LogP contribution in [0.4, 0.5) is 5.69 Å². The summed E-state index contributed by atoms with van der Waals surface area (Å²) in [4.78, 5) is 21.5. The van der Waals surface area contributed by atoms with Gasteiger partial charge in [-0.25, -0.2) is 10.2 Å². The molecule has 18 heavy (non-hydrogen) atoms. The van der Waals surface area contributed by atoms with E-state index in [0.717, 1.165) is 0 Å². The lowest BCUT2D eigenvalue weighted by molar-refractivity contribution is -0.145. The fourth-order valence-electron chi connectivity index (χ4n) is 1.23. The van der Waals surface area contributed by atoms with Crippen LogP contribution < -0.4 is 16.6 Å². The molecule has 0 aliphatic rings. The van der Waals surface area contributed by atoms with Crippen molar-refractivity contribution in [3.8, 4) is 0 Å². The van der Waals surface area contributed by atoms with Gasteiger partial charge in [0.25, 0.3) is 0 Å². The number of anilines is 1. The second-order valence-electron chi connectivity index (χ2n) is 3.79. The van der Waals surface area contributed by atoms with Crippen LogP contribution in [0.15, 0.2) is 30.3 Å². The van der Waals surface area contributed by atoms with Crippen molar-refractivity contribution in [1.29, 1.82) is 0 Å². The molecule has 0 heterocycles. The van der Waals surface area contributed by atoms with E-state index in [0.29, 0.717) is 5.69 Å². The molecule has 0 radical (unpaired) electrons. The first-order chi connectivity index (χ1) is 8.44. The number of carbonyl (C=O) groups is 2. The predicted octanol–water partition coefficient (Wildman–Crippen LogP) is 0.207. The fraction of sp³-hybridized carbons (Fsp3) is 0.273. The van der Waals surface area contributed by atoms with Crippen molar-refractivity contribution >= 4 is 17.6 Å². The molecule has 0 aliphatic carbocycles. The molecule has 0 aromatic heterocycles. The maximum atomic E-state index is 11.0. The minimum atomic E-state index is -1.84. The molecular weight excluding hydrogens is 238 g/mol. The Morgan fingerprint density at radius 3 is 2.33 bits per heavy atom. The summed E-state index contributed by atoms with van der Waals surface area (Å²) in [6, 6.07) is 8.77. The number of hydrogen-bond acceptors (Lipinski definition) is 5. The number of nitrogens with one attached hydrogen (secondary N) is 2. The molecule has 7 nitrogen and oxygen atoms in total. The zero-order valence-electron chi connectivity index (χ0n) is 9.59. The molecule has 0 bridgehead atoms. The van der Waals surface area contributed by atoms with Crippen LogP contribution in [-0.4, -0.2) is 27.8 Å². The molecule has 98 valence electrons. The molecule has 7 heteroatoms. The molecule has 0 saturated carbocycles. The van der Waals surface area contributed by atoms with Crippen molar-refractivity contribution in [2.24, 2.45) is 5.73 Å². The van der Waals surface area contributed by atoms with Crippen molar-refractivity contribution < 1.29 is 19.8 Å². The summed E-state index contributed by atoms with van der Waals surface area (Å²) in [6.45, 7) is 0. The molecule has 1 aromatic carbocycles. The normalized spacial score (nSPS) is 13.6. The van der Waals surface area contributed by atoms with Gasteiger partial charge in [-0.1, -0.05) is 18.2 Å². The van der Waals surface area contributed by atoms with Gasteiger partial charge in [-0.15, -0.1) is 0 Å². The summed E-state index contributed by atoms with van der Waals surface area (Å²) in [7, 11) is 0. The predicted molar refractivity (Wildman–Crippen MR) is 64.6 cm³/mol. The zero-order valence-corrected chi connectivity index (χ0v) is 9.59. The van der Waals surface area contributed by atoms with E-state index in [1.807, 2.05) is 6.07 Å². The Hall–Kier alpha value is -2.12. The highest BCUT2D eigenvalue weighted by molar-refractivity contribution is 5.79. The number of carboxylic acids is 2. The van der Waals surface area contributed by atoms with E-state index in [1.165, 1.54) is 0 Å². The fourth-order valence-corrected chi connectivity index (χ4v) is 1.23. The SMILES string of the molecule is NC(CCC(=O)O)(NNc1ccccc1)C(=O)O. The smallest absolute Gasteiger partial charge is 0.340 e. The Balaban J connectivity index is 2.62. The Bertz CT molecular complexity index is 424. The monoisotopic (exact) mass is 253 g/mol. The van der Waals surface area contributed by atoms with Crippen LogP contribution in [0.2, 0.25) is 0 Å². The topological polar surface area (TPSA) is 125 Å². The van der Waals surface area contributed by atoms with Crippen molar-refractivity contribution in [1.82, 2.24) is 5.43 Å². The molecule has 1 aromatic rings. The largest absolute Gasteiger partial charge is 0.481 e. The van der Waals surface area contributed by atoms with Crippen LogP contribution in [0, 0.1) is 0 Å². The minimum Gasteiger partial charge on any atom is -0.481 e. The molecule has 1 rings (SSSR count). The molecule has 0 fully saturated rings. The summed E-state index contributed by atoms with van der Waals surface area (Å²) in [5.74, 6) is -2.43. The molecular formula is C11H15N3O4. The highest BCUT2D eigenvalue weighted by atomic mass is 16.4. The van der Waals surface area contributed by atoms with Crippen LogP contribution in [0.1, 0.15) is 12.8 Å². The van der Waals surface area contributed by atoms with E-state index in [1.54, 1.807) is 24.3 Å². The van der Waals surface area contributed by atoms with Crippen LogP contribution in [-0.2, 0) is 9.59 Å². The number of benzene rings is 1. The van der Waals surface area contributed by atoms with Crippen LogP contribution in [0.25, 0.3) is 0 Å². The Kier molecular flexibility index (Phi) is 4.64. The van der Waals surface area contributed by atoms with Crippen molar-refractivity contribution in [2.45, 2.75) is 18.5 Å². The van der Waals surface area contributed by atoms with Gasteiger partial charge >= 0.3 is 11.9 Å². The third kappa shape index (κ3) is 4.04. The summed E-state index contributed by atoms with van der Waals surface area (Å²) < 4.78 is 0. The van der Waals surface area contributed by atoms with Crippen LogP contribution in [0.3, 0.4) is 0 Å². The van der Waals surface area contributed by atoms with Gasteiger partial charge in [0.1, 0.15) is 0 Å². The number of aliphatic carboxylic acids is 2. The van der Waals surface area contributed by atoms with Gasteiger partial charge in [-0.2, -0.15) is 0 Å². The van der Waals surface area contributed by atoms with Gasteiger partial charge in [0, 0.05) is 18.5 Å². The number of rotatable bonds is 7. The lowest BCUT2D eigenvalue weighted by Crippen LogP contribution is -2.61. The third-order valence-electron chi connectivity index (χ3n) is 2.32. The molecule has 1 unspecified atom stereocenters. The van der Waals surface area contributed by atoms with Gasteiger partial charge in [-0.05, 0) is 12.1 Å². The second-order valence-corrected chi connectivity index (χ2v) is 3.79. The average molecular weight is 253 g/mol. The average Bonchev–Trinajstić information content (AvgIpc) is 2.35. The van der Waals surface area contributed by atoms with Crippen LogP contribution >= 0.6 is 0 Å². The molecule has 0 spiro atoms. The van der Waals surface area contributed by atoms with E-state index >= 15 is 0 Å². The quantitative estimate of drug-likeness (QED) is 0.347. The van der Waals surface area contributed by atoms with Gasteiger partial charge in [0.05, 0.1) is 0 Å². The number of para-hydroxylation sites is 1. The highest BCUT2D eigenvalue weighted by Crippen LogP contribution is 2.09. The molecule has 0 amide bonds. The first-order valence-corrected chi connectivity index (χ1v) is 5.26. The number of nitrogens with two attached hydrogens (primary N) is 1. The van der Waals surface area contributed by atoms with Gasteiger partial charge in [-0.3, -0.25) is 4.79 Å². The first-order valence-electron chi connectivity index (χ1n) is 5.26. The summed E-state index contributed by atoms with van der Waals surface area (Å²) in [5.41, 5.74) is 9.46. The Morgan fingerprint density at radius 2 is 1.83 bits per heavy atom. The molecule has 0 aliphatic heterocycles. The minimum absolute atomic E-state index is 0.239. The summed E-state index contributed by atoms with van der Waals surface area (Å²) in [6.07, 6.45) is -0.580. The Labute approximate surface area is 104 Å². The summed E-state index contributed by atoms with van der Waals surface area (Å²) >= 11 is 0. The van der Waals surface area contributed by atoms with E-state index in [9.17, 15) is 9.59 Å². The third-order valence-corrected chi connectivity index (χ3v) is 2.32. The second kappa shape index (κ2) is 5.99. The van der Waals surface area contributed by atoms with Crippen molar-refractivity contribution in [2.75, 3.05) is 5.43 Å². The van der Waals surface area contributed by atoms with E-state index in [2.05, 4.69) is 10.9 Å². The number of hydrazine groups is 1. The maximum Gasteiger partial charge on any atom is 0.340 e. The summed E-state index contributed by atoms with van der Waals surface area (Å²) in [5, 5.41) is 17.6. The van der Waals surface area contributed by atoms with Crippen LogP contribution in [0.5, 0.6) is 0 Å². The van der Waals surface area contributed by atoms with E-state index in [4.69, 9.17) is 15.9 Å². The number of carboxylic acid groups (broad SMARTS) is 2. The van der Waals surface area contributed by atoms with E-state index < -0.39 is 17.6 Å². The van der Waals surface area contributed by atoms with Gasteiger partial charge in [0.15, 0.2) is 5.66 Å². The standard InChI is InChI=1S/C11H15N3O4/c12-11(10(17)18,7-6-9(15)16)14-13-8-4-2-1-3-5-8/h1-5,13-14H,6-7,12H2,(H,15,16)(H,17,18). The highest BCUT2D eigenvalue weighted by Gasteiger charge is 2.34. The van der Waals surface area contributed by atoms with Crippen molar-refractivity contribution in [3.05, 3.63) is 30.3 Å². The zero-order chi connectivity index (χ0) is 13.6. The first kappa shape index (κ1) is 13.9. The maximum absolute atomic E-state index is 11.0. The van der Waals surface area contributed by atoms with Gasteiger partial charge in [0.2, 0.25) is 0 Å². The van der Waals surface area contributed by atoms with E-state index in [-0.39, 0.29) is 12.8 Å². The molecule has 1 atom stereocenters. The lowest BCUT2D eigenvalue weighted by Gasteiger charge is -2.26. The van der Waals surface area contributed by atoms with Gasteiger partial charge < -0.3 is 21.4 Å². The molecule has 6 N–H and O–H groups in total. The van der Waals surface area contributed by atoms with Crippen molar-refractivity contribution in [3.63, 3.8) is 0 Å². The Morgan fingerprint density at radius 1 is 1.22 bits per heavy atom. The molecule has 0 saturated heterocycles. The number of hydrogen-bond donors (Lipinski definition) is 5.